The zero-order chi connectivity index (χ0) is 8.74. The van der Waals surface area contributed by atoms with E-state index in [1.165, 1.54) is 6.54 Å². The third-order valence-electron chi connectivity index (χ3n) is 0.806. The van der Waals surface area contributed by atoms with Crippen LogP contribution in [0.1, 0.15) is 0 Å². The Morgan fingerprint density at radius 2 is 2.18 bits per heavy atom. The fourth-order valence-electron chi connectivity index (χ4n) is 0.482. The molecule has 6 heteroatoms. The van der Waals surface area contributed by atoms with E-state index in [-0.39, 0.29) is 0 Å². The molecule has 0 fully saturated rings. The average Bonchev–Trinajstić information content (AvgIpc) is 1.88. The zero-order valence-corrected chi connectivity index (χ0v) is 7.10. The van der Waals surface area contributed by atoms with Gasteiger partial charge in [0.25, 0.3) is 0 Å². The van der Waals surface area contributed by atoms with Crippen LogP contribution in [0.2, 0.25) is 0 Å². The van der Waals surface area contributed by atoms with Gasteiger partial charge in [0, 0.05) is 6.26 Å². The second-order valence-electron chi connectivity index (χ2n) is 2.04. The molecule has 0 amide bonds. The van der Waals surface area contributed by atoms with E-state index >= 15 is 0 Å². The minimum absolute atomic E-state index is 0.604. The van der Waals surface area contributed by atoms with Crippen molar-refractivity contribution in [2.75, 3.05) is 19.3 Å². The summed E-state index contributed by atoms with van der Waals surface area (Å²) in [6.45, 7) is 2.28. The van der Waals surface area contributed by atoms with Gasteiger partial charge in [-0.1, -0.05) is 0 Å². The maximum Gasteiger partial charge on any atom is 0.108 e. The van der Waals surface area contributed by atoms with Crippen LogP contribution in [0.5, 0.6) is 0 Å². The molecule has 11 heavy (non-hydrogen) atoms. The molecule has 1 rings (SSSR count). The van der Waals surface area contributed by atoms with Crippen LogP contribution in [-0.4, -0.2) is 32.3 Å². The van der Waals surface area contributed by atoms with Gasteiger partial charge < -0.3 is 15.2 Å². The van der Waals surface area contributed by atoms with Crippen molar-refractivity contribution in [1.29, 1.82) is 0 Å². The summed E-state index contributed by atoms with van der Waals surface area (Å²) >= 11 is 0. The van der Waals surface area contributed by atoms with Crippen molar-refractivity contribution < 1.29 is 18.3 Å². The SMILES string of the molecule is C1=C[NH2+]CCN1.CS(=O)(=O)[O-]. The highest BCUT2D eigenvalue weighted by Gasteiger charge is 1.87. The van der Waals surface area contributed by atoms with Crippen LogP contribution >= 0.6 is 0 Å². The van der Waals surface area contributed by atoms with E-state index in [1.807, 2.05) is 12.4 Å². The van der Waals surface area contributed by atoms with Crippen molar-refractivity contribution in [1.82, 2.24) is 5.32 Å². The first kappa shape index (κ1) is 10.4. The van der Waals surface area contributed by atoms with Crippen molar-refractivity contribution in [3.63, 3.8) is 0 Å². The highest BCUT2D eigenvalue weighted by Crippen LogP contribution is 1.59. The van der Waals surface area contributed by atoms with Gasteiger partial charge in [-0.2, -0.15) is 0 Å². The lowest BCUT2D eigenvalue weighted by molar-refractivity contribution is -0.589. The van der Waals surface area contributed by atoms with Crippen LogP contribution in [0.15, 0.2) is 12.4 Å². The molecule has 1 aliphatic rings. The molecule has 0 radical (unpaired) electrons. The fourth-order valence-corrected chi connectivity index (χ4v) is 0.482. The first-order valence-electron chi connectivity index (χ1n) is 3.13. The summed E-state index contributed by atoms with van der Waals surface area (Å²) in [5.74, 6) is 0. The van der Waals surface area contributed by atoms with Gasteiger partial charge in [-0.05, 0) is 0 Å². The molecule has 0 saturated carbocycles. The van der Waals surface area contributed by atoms with E-state index in [4.69, 9.17) is 13.0 Å². The molecule has 66 valence electrons. The number of nitrogens with one attached hydrogen (secondary N) is 1. The van der Waals surface area contributed by atoms with Crippen molar-refractivity contribution in [2.24, 2.45) is 0 Å². The molecule has 0 bridgehead atoms. The monoisotopic (exact) mass is 180 g/mol. The van der Waals surface area contributed by atoms with Gasteiger partial charge in [-0.15, -0.1) is 0 Å². The molecule has 0 aromatic rings. The Morgan fingerprint density at radius 3 is 2.27 bits per heavy atom. The van der Waals surface area contributed by atoms with E-state index in [0.717, 1.165) is 6.54 Å². The van der Waals surface area contributed by atoms with Crippen molar-refractivity contribution in [2.45, 2.75) is 0 Å². The molecular formula is C5H12N2O3S. The first-order chi connectivity index (χ1) is 5.00. The summed E-state index contributed by atoms with van der Waals surface area (Å²) in [7, 11) is -3.92. The largest absolute Gasteiger partial charge is 0.748 e. The van der Waals surface area contributed by atoms with Crippen molar-refractivity contribution in [3.05, 3.63) is 12.4 Å². The smallest absolute Gasteiger partial charge is 0.108 e. The Balaban J connectivity index is 0.000000187. The quantitative estimate of drug-likeness (QED) is 0.414. The second-order valence-corrected chi connectivity index (χ2v) is 3.45. The highest BCUT2D eigenvalue weighted by atomic mass is 32.2. The second kappa shape index (κ2) is 5.11. The number of hydrogen-bond acceptors (Lipinski definition) is 4. The lowest BCUT2D eigenvalue weighted by atomic mass is 10.5. The Bertz CT molecular complexity index is 194. The lowest BCUT2D eigenvalue weighted by Gasteiger charge is -2.00. The van der Waals surface area contributed by atoms with E-state index < -0.39 is 10.1 Å². The average molecular weight is 180 g/mol. The van der Waals surface area contributed by atoms with Gasteiger partial charge >= 0.3 is 0 Å². The molecule has 1 heterocycles. The van der Waals surface area contributed by atoms with Crippen LogP contribution in [-0.2, 0) is 10.1 Å². The standard InChI is InChI=1S/C4H8N2.CH4O3S/c1-2-6-4-3-5-1;1-5(2,3)4/h1-2,5-6H,3-4H2;1H3,(H,2,3,4). The number of hydrogen-bond donors (Lipinski definition) is 2. The third-order valence-corrected chi connectivity index (χ3v) is 0.806. The predicted molar refractivity (Wildman–Crippen MR) is 39.6 cm³/mol. The topological polar surface area (TPSA) is 85.8 Å². The van der Waals surface area contributed by atoms with Crippen LogP contribution in [0, 0.1) is 0 Å². The van der Waals surface area contributed by atoms with Gasteiger partial charge in [-0.25, -0.2) is 8.42 Å². The predicted octanol–water partition coefficient (Wildman–Crippen LogP) is -2.21. The first-order valence-corrected chi connectivity index (χ1v) is 4.94. The lowest BCUT2D eigenvalue weighted by Crippen LogP contribution is -2.81. The van der Waals surface area contributed by atoms with Gasteiger partial charge in [0.15, 0.2) is 0 Å². The summed E-state index contributed by atoms with van der Waals surface area (Å²) in [5.41, 5.74) is 0. The molecule has 0 aliphatic carbocycles. The molecule has 0 spiro atoms. The molecule has 3 N–H and O–H groups in total. The highest BCUT2D eigenvalue weighted by molar-refractivity contribution is 7.84. The minimum atomic E-state index is -3.92. The van der Waals surface area contributed by atoms with E-state index in [0.29, 0.717) is 6.26 Å². The summed E-state index contributed by atoms with van der Waals surface area (Å²) in [4.78, 5) is 0. The van der Waals surface area contributed by atoms with Crippen LogP contribution < -0.4 is 10.6 Å². The fraction of sp³-hybridized carbons (Fsp3) is 0.600. The molecule has 0 aromatic carbocycles. The zero-order valence-electron chi connectivity index (χ0n) is 6.28. The molecule has 0 unspecified atom stereocenters. The molecule has 1 aliphatic heterocycles. The summed E-state index contributed by atoms with van der Waals surface area (Å²) in [6.07, 6.45) is 4.60. The number of rotatable bonds is 0. The van der Waals surface area contributed by atoms with Crippen molar-refractivity contribution in [3.8, 4) is 0 Å². The van der Waals surface area contributed by atoms with Gasteiger partial charge in [0.05, 0.1) is 29.4 Å². The third kappa shape index (κ3) is 17.7. The Kier molecular flexibility index (Phi) is 4.84. The molecule has 5 nitrogen and oxygen atoms in total. The number of nitrogens with two attached hydrogens (primary N) is 1. The molecule has 0 aromatic heterocycles. The van der Waals surface area contributed by atoms with Gasteiger partial charge in [0.1, 0.15) is 6.20 Å². The molecular weight excluding hydrogens is 168 g/mol. The Labute approximate surface area is 66.2 Å². The summed E-state index contributed by atoms with van der Waals surface area (Å²) in [6, 6.07) is 0. The van der Waals surface area contributed by atoms with E-state index in [1.54, 1.807) is 0 Å². The van der Waals surface area contributed by atoms with Crippen LogP contribution in [0.4, 0.5) is 0 Å². The number of quaternary nitrogens is 1. The van der Waals surface area contributed by atoms with Gasteiger partial charge in [-0.3, -0.25) is 0 Å². The molecule has 0 atom stereocenters. The van der Waals surface area contributed by atoms with Crippen LogP contribution in [0.25, 0.3) is 0 Å². The maximum absolute atomic E-state index is 9.08. The maximum atomic E-state index is 9.08. The Hall–Kier alpha value is -0.590. The molecule has 0 saturated heterocycles. The Morgan fingerprint density at radius 1 is 1.64 bits per heavy atom. The van der Waals surface area contributed by atoms with E-state index in [2.05, 4.69) is 10.6 Å². The van der Waals surface area contributed by atoms with Gasteiger partial charge in [0.2, 0.25) is 0 Å². The van der Waals surface area contributed by atoms with E-state index in [9.17, 15) is 0 Å². The summed E-state index contributed by atoms with van der Waals surface area (Å²) in [5, 5.41) is 5.22. The van der Waals surface area contributed by atoms with Crippen molar-refractivity contribution >= 4 is 10.1 Å². The summed E-state index contributed by atoms with van der Waals surface area (Å²) < 4.78 is 27.2. The normalized spacial score (nSPS) is 16.2. The minimum Gasteiger partial charge on any atom is -0.748 e. The van der Waals surface area contributed by atoms with Crippen LogP contribution in [0.3, 0.4) is 0 Å².